The summed E-state index contributed by atoms with van der Waals surface area (Å²) in [7, 11) is 0. The van der Waals surface area contributed by atoms with Crippen molar-refractivity contribution in [3.8, 4) is 0 Å². The summed E-state index contributed by atoms with van der Waals surface area (Å²) < 4.78 is 0. The molecule has 3 amide bonds. The fraction of sp³-hybridized carbons (Fsp3) is 0.278. The summed E-state index contributed by atoms with van der Waals surface area (Å²) in [6.45, 7) is 2.07. The lowest BCUT2D eigenvalue weighted by Gasteiger charge is -2.34. The van der Waals surface area contributed by atoms with Gasteiger partial charge in [0.1, 0.15) is 0 Å². The first kappa shape index (κ1) is 17.1. The van der Waals surface area contributed by atoms with Gasteiger partial charge in [-0.05, 0) is 29.6 Å². The maximum absolute atomic E-state index is 12.8. The van der Waals surface area contributed by atoms with Gasteiger partial charge >= 0.3 is 0 Å². The molecule has 2 aliphatic heterocycles. The zero-order valence-electron chi connectivity index (χ0n) is 13.9. The molecule has 0 spiro atoms. The van der Waals surface area contributed by atoms with E-state index in [0.29, 0.717) is 43.2 Å². The number of thiophene rings is 1. The standard InChI is InChI=1S/C18H17N3O3S2/c22-16-11-26-14-4-3-12(10-13(14)19-16)17(23)20-5-7-21(8-6-20)18(24)15-2-1-9-25-15/h1-4,9-10H,5-8,11H2,(H,19,22). The highest BCUT2D eigenvalue weighted by Crippen LogP contribution is 2.32. The van der Waals surface area contributed by atoms with Gasteiger partial charge in [-0.1, -0.05) is 6.07 Å². The maximum Gasteiger partial charge on any atom is 0.264 e. The van der Waals surface area contributed by atoms with Crippen LogP contribution in [-0.2, 0) is 4.79 Å². The molecular formula is C18H17N3O3S2. The van der Waals surface area contributed by atoms with Crippen molar-refractivity contribution in [2.75, 3.05) is 37.2 Å². The second kappa shape index (κ2) is 7.13. The van der Waals surface area contributed by atoms with Crippen LogP contribution in [0.4, 0.5) is 5.69 Å². The molecule has 1 aromatic carbocycles. The first-order valence-electron chi connectivity index (χ1n) is 8.30. The molecule has 0 radical (unpaired) electrons. The van der Waals surface area contributed by atoms with Gasteiger partial charge in [0.2, 0.25) is 5.91 Å². The number of nitrogens with one attached hydrogen (secondary N) is 1. The van der Waals surface area contributed by atoms with E-state index in [1.165, 1.54) is 23.1 Å². The van der Waals surface area contributed by atoms with Crippen LogP contribution in [0, 0.1) is 0 Å². The number of carbonyl (C=O) groups is 3. The number of nitrogens with zero attached hydrogens (tertiary/aromatic N) is 2. The second-order valence-electron chi connectivity index (χ2n) is 6.11. The SMILES string of the molecule is O=C1CSc2ccc(C(=O)N3CCN(C(=O)c4cccs4)CC3)cc2N1. The second-order valence-corrected chi connectivity index (χ2v) is 8.07. The van der Waals surface area contributed by atoms with Gasteiger partial charge in [-0.15, -0.1) is 23.1 Å². The highest BCUT2D eigenvalue weighted by atomic mass is 32.2. The number of piperazine rings is 1. The molecule has 0 atom stereocenters. The fourth-order valence-electron chi connectivity index (χ4n) is 3.07. The summed E-state index contributed by atoms with van der Waals surface area (Å²) in [5.74, 6) is 0.315. The zero-order valence-corrected chi connectivity index (χ0v) is 15.6. The van der Waals surface area contributed by atoms with Crippen LogP contribution in [0.25, 0.3) is 0 Å². The van der Waals surface area contributed by atoms with Crippen LogP contribution in [0.1, 0.15) is 20.0 Å². The lowest BCUT2D eigenvalue weighted by Crippen LogP contribution is -2.50. The zero-order chi connectivity index (χ0) is 18.1. The molecule has 1 aromatic heterocycles. The third kappa shape index (κ3) is 3.34. The van der Waals surface area contributed by atoms with Crippen molar-refractivity contribution in [3.05, 3.63) is 46.2 Å². The molecule has 1 fully saturated rings. The Kier molecular flexibility index (Phi) is 4.69. The van der Waals surface area contributed by atoms with Gasteiger partial charge in [0, 0.05) is 36.6 Å². The normalized spacial score (nSPS) is 16.8. The molecule has 0 unspecified atom stereocenters. The number of rotatable bonds is 2. The molecule has 2 aliphatic rings. The van der Waals surface area contributed by atoms with Gasteiger partial charge in [0.05, 0.1) is 16.3 Å². The molecule has 0 bridgehead atoms. The van der Waals surface area contributed by atoms with E-state index in [1.807, 2.05) is 23.6 Å². The number of anilines is 1. The average molecular weight is 387 g/mol. The van der Waals surface area contributed by atoms with Crippen molar-refractivity contribution < 1.29 is 14.4 Å². The van der Waals surface area contributed by atoms with Crippen LogP contribution in [0.15, 0.2) is 40.6 Å². The van der Waals surface area contributed by atoms with E-state index in [0.717, 1.165) is 9.77 Å². The van der Waals surface area contributed by atoms with Crippen LogP contribution >= 0.6 is 23.1 Å². The molecule has 0 aliphatic carbocycles. The van der Waals surface area contributed by atoms with E-state index in [4.69, 9.17) is 0 Å². The molecule has 26 heavy (non-hydrogen) atoms. The van der Waals surface area contributed by atoms with Crippen molar-refractivity contribution in [1.82, 2.24) is 9.80 Å². The Morgan fingerprint density at radius 2 is 1.73 bits per heavy atom. The Bertz CT molecular complexity index is 859. The van der Waals surface area contributed by atoms with E-state index in [9.17, 15) is 14.4 Å². The first-order valence-corrected chi connectivity index (χ1v) is 10.2. The minimum absolute atomic E-state index is 0.0283. The lowest BCUT2D eigenvalue weighted by atomic mass is 10.1. The van der Waals surface area contributed by atoms with E-state index in [2.05, 4.69) is 5.32 Å². The van der Waals surface area contributed by atoms with Crippen LogP contribution in [-0.4, -0.2) is 59.5 Å². The number of amides is 3. The quantitative estimate of drug-likeness (QED) is 0.859. The number of fused-ring (bicyclic) bond motifs is 1. The van der Waals surface area contributed by atoms with E-state index in [-0.39, 0.29) is 17.7 Å². The van der Waals surface area contributed by atoms with Gasteiger partial charge in [0.25, 0.3) is 11.8 Å². The summed E-state index contributed by atoms with van der Waals surface area (Å²) in [6, 6.07) is 9.11. The summed E-state index contributed by atoms with van der Waals surface area (Å²) >= 11 is 2.91. The molecular weight excluding hydrogens is 370 g/mol. The number of hydrogen-bond acceptors (Lipinski definition) is 5. The van der Waals surface area contributed by atoms with Gasteiger partial charge in [-0.2, -0.15) is 0 Å². The van der Waals surface area contributed by atoms with E-state index < -0.39 is 0 Å². The third-order valence-corrected chi connectivity index (χ3v) is 6.38. The monoisotopic (exact) mass is 387 g/mol. The predicted molar refractivity (Wildman–Crippen MR) is 102 cm³/mol. The van der Waals surface area contributed by atoms with Crippen molar-refractivity contribution >= 4 is 46.5 Å². The molecule has 134 valence electrons. The number of hydrogen-bond donors (Lipinski definition) is 1. The number of carbonyl (C=O) groups excluding carboxylic acids is 3. The highest BCUT2D eigenvalue weighted by molar-refractivity contribution is 8.00. The number of thioether (sulfide) groups is 1. The van der Waals surface area contributed by atoms with Gasteiger partial charge < -0.3 is 15.1 Å². The van der Waals surface area contributed by atoms with Crippen LogP contribution in [0.3, 0.4) is 0 Å². The van der Waals surface area contributed by atoms with Crippen LogP contribution in [0.5, 0.6) is 0 Å². The smallest absolute Gasteiger partial charge is 0.264 e. The molecule has 3 heterocycles. The van der Waals surface area contributed by atoms with Gasteiger partial charge in [-0.3, -0.25) is 14.4 Å². The lowest BCUT2D eigenvalue weighted by molar-refractivity contribution is -0.113. The molecule has 1 saturated heterocycles. The van der Waals surface area contributed by atoms with E-state index >= 15 is 0 Å². The molecule has 4 rings (SSSR count). The largest absolute Gasteiger partial charge is 0.335 e. The van der Waals surface area contributed by atoms with Crippen molar-refractivity contribution in [2.45, 2.75) is 4.90 Å². The van der Waals surface area contributed by atoms with Crippen molar-refractivity contribution in [3.63, 3.8) is 0 Å². The molecule has 8 heteroatoms. The minimum Gasteiger partial charge on any atom is -0.335 e. The molecule has 1 N–H and O–H groups in total. The third-order valence-electron chi connectivity index (χ3n) is 4.45. The highest BCUT2D eigenvalue weighted by Gasteiger charge is 2.26. The Morgan fingerprint density at radius 3 is 2.42 bits per heavy atom. The summed E-state index contributed by atoms with van der Waals surface area (Å²) in [5.41, 5.74) is 1.26. The summed E-state index contributed by atoms with van der Waals surface area (Å²) in [6.07, 6.45) is 0. The predicted octanol–water partition coefficient (Wildman–Crippen LogP) is 2.39. The Morgan fingerprint density at radius 1 is 1.00 bits per heavy atom. The van der Waals surface area contributed by atoms with Gasteiger partial charge in [-0.25, -0.2) is 0 Å². The molecule has 0 saturated carbocycles. The van der Waals surface area contributed by atoms with E-state index in [1.54, 1.807) is 21.9 Å². The summed E-state index contributed by atoms with van der Waals surface area (Å²) in [4.78, 5) is 42.0. The average Bonchev–Trinajstić information content (AvgIpc) is 3.21. The first-order chi connectivity index (χ1) is 12.6. The van der Waals surface area contributed by atoms with Crippen molar-refractivity contribution in [1.29, 1.82) is 0 Å². The maximum atomic E-state index is 12.8. The fourth-order valence-corrected chi connectivity index (χ4v) is 4.55. The Labute approximate surface area is 159 Å². The summed E-state index contributed by atoms with van der Waals surface area (Å²) in [5, 5.41) is 4.70. The Hall–Kier alpha value is -2.32. The van der Waals surface area contributed by atoms with Crippen LogP contribution < -0.4 is 5.32 Å². The molecule has 6 nitrogen and oxygen atoms in total. The number of benzene rings is 1. The Balaban J connectivity index is 1.42. The van der Waals surface area contributed by atoms with Crippen LogP contribution in [0.2, 0.25) is 0 Å². The molecule has 2 aromatic rings. The topological polar surface area (TPSA) is 69.7 Å². The van der Waals surface area contributed by atoms with Crippen molar-refractivity contribution in [2.24, 2.45) is 0 Å². The minimum atomic E-state index is -0.0687. The van der Waals surface area contributed by atoms with Gasteiger partial charge in [0.15, 0.2) is 0 Å².